The zero-order valence-electron chi connectivity index (χ0n) is 19.4. The summed E-state index contributed by atoms with van der Waals surface area (Å²) in [6, 6.07) is 11.4. The molecule has 3 nitrogen and oxygen atoms in total. The van der Waals surface area contributed by atoms with Gasteiger partial charge in [-0.2, -0.15) is 0 Å². The third-order valence-electron chi connectivity index (χ3n) is 6.14. The maximum absolute atomic E-state index is 6.83. The summed E-state index contributed by atoms with van der Waals surface area (Å²) in [5.41, 5.74) is 0.424. The van der Waals surface area contributed by atoms with Crippen molar-refractivity contribution in [1.29, 1.82) is 0 Å². The molecule has 0 aromatic heterocycles. The smallest absolute Gasteiger partial charge is 0.144 e. The summed E-state index contributed by atoms with van der Waals surface area (Å²) in [5, 5.41) is 1.29. The second kappa shape index (κ2) is 8.22. The van der Waals surface area contributed by atoms with Crippen molar-refractivity contribution in [2.24, 2.45) is 0 Å². The van der Waals surface area contributed by atoms with Gasteiger partial charge in [-0.25, -0.2) is 0 Å². The zero-order chi connectivity index (χ0) is 21.8. The van der Waals surface area contributed by atoms with E-state index in [0.29, 0.717) is 11.7 Å². The van der Waals surface area contributed by atoms with Crippen molar-refractivity contribution >= 4 is 43.3 Å². The highest BCUT2D eigenvalue weighted by molar-refractivity contribution is 8.57. The molecule has 2 aliphatic rings. The van der Waals surface area contributed by atoms with Gasteiger partial charge in [-0.15, -0.1) is 0 Å². The maximum atomic E-state index is 6.83. The third kappa shape index (κ3) is 3.97. The molecule has 1 saturated carbocycles. The molecule has 0 bridgehead atoms. The van der Waals surface area contributed by atoms with Crippen molar-refractivity contribution in [3.05, 3.63) is 30.3 Å². The first-order chi connectivity index (χ1) is 13.3. The van der Waals surface area contributed by atoms with Crippen LogP contribution in [0.1, 0.15) is 67.2 Å². The molecular formula is C22H39N3P2S2. The van der Waals surface area contributed by atoms with Crippen LogP contribution >= 0.6 is 13.5 Å². The molecule has 164 valence electrons. The first-order valence-corrected chi connectivity index (χ1v) is 16.3. The summed E-state index contributed by atoms with van der Waals surface area (Å²) in [5.74, 6) is 0. The van der Waals surface area contributed by atoms with E-state index < -0.39 is 13.5 Å². The van der Waals surface area contributed by atoms with Crippen molar-refractivity contribution < 1.29 is 0 Å². The van der Waals surface area contributed by atoms with Gasteiger partial charge in [0.25, 0.3) is 0 Å². The van der Waals surface area contributed by atoms with Crippen LogP contribution in [0.3, 0.4) is 0 Å². The molecule has 1 heterocycles. The summed E-state index contributed by atoms with van der Waals surface area (Å²) in [6.45, 7) is 9.80. The zero-order valence-corrected chi connectivity index (χ0v) is 22.8. The molecule has 2 fully saturated rings. The fraction of sp³-hybridized carbons (Fsp3) is 0.727. The summed E-state index contributed by atoms with van der Waals surface area (Å²) in [6.07, 6.45) is 5.08. The van der Waals surface area contributed by atoms with E-state index in [0.717, 1.165) is 0 Å². The van der Waals surface area contributed by atoms with Crippen LogP contribution in [-0.2, 0) is 24.5 Å². The first-order valence-electron chi connectivity index (χ1n) is 10.8. The Morgan fingerprint density at radius 3 is 1.79 bits per heavy atom. The van der Waals surface area contributed by atoms with Crippen molar-refractivity contribution in [2.45, 2.75) is 90.0 Å². The Morgan fingerprint density at radius 1 is 0.862 bits per heavy atom. The third-order valence-corrected chi connectivity index (χ3v) is 21.1. The topological polar surface area (TPSA) is 9.72 Å². The van der Waals surface area contributed by atoms with E-state index in [4.69, 9.17) is 24.5 Å². The Morgan fingerprint density at radius 2 is 1.34 bits per heavy atom. The minimum absolute atomic E-state index is 0.0447. The molecule has 1 saturated heterocycles. The lowest BCUT2D eigenvalue weighted by atomic mass is 9.94. The van der Waals surface area contributed by atoms with Crippen LogP contribution in [0, 0.1) is 0 Å². The Balaban J connectivity index is 2.21. The Bertz CT molecular complexity index is 693. The largest absolute Gasteiger partial charge is 0.511 e. The molecule has 3 rings (SSSR count). The standard InChI is InChI=1S/C22H39N3P2S2/c1-21(2,3)24-26(28,18-14-10-9-11-15-18)25(22(4,5)6)27(24,29)20-17-13-12-16-19(20)23(7)8/h9-11,14-15,19-20H,12-13,16-17H2,1-8H3/t19-,20-,26?,27?/m1/s1. The van der Waals surface area contributed by atoms with E-state index in [1.807, 2.05) is 0 Å². The van der Waals surface area contributed by atoms with E-state index in [9.17, 15) is 0 Å². The van der Waals surface area contributed by atoms with E-state index in [1.54, 1.807) is 0 Å². The SMILES string of the molecule is CN(C)[C@@H]1CCCC[C@H]1[P+]1([S-])N(C(C)(C)C)[P+]([S-])(c2ccccc2)N1C(C)(C)C. The van der Waals surface area contributed by atoms with E-state index >= 15 is 0 Å². The molecule has 1 aliphatic heterocycles. The summed E-state index contributed by atoms with van der Waals surface area (Å²) < 4.78 is 5.40. The van der Waals surface area contributed by atoms with Gasteiger partial charge in [0, 0.05) is 6.04 Å². The molecular weight excluding hydrogens is 432 g/mol. The average Bonchev–Trinajstić information content (AvgIpc) is 2.59. The summed E-state index contributed by atoms with van der Waals surface area (Å²) in [7, 11) is 4.47. The number of nitrogens with zero attached hydrogens (tertiary/aromatic N) is 3. The number of hydrogen-bond donors (Lipinski definition) is 0. The molecule has 0 radical (unpaired) electrons. The summed E-state index contributed by atoms with van der Waals surface area (Å²) in [4.78, 5) is 2.43. The second-order valence-electron chi connectivity index (χ2n) is 10.8. The Hall–Kier alpha value is 0.660. The number of rotatable bonds is 3. The van der Waals surface area contributed by atoms with Crippen molar-refractivity contribution in [2.75, 3.05) is 14.1 Å². The summed E-state index contributed by atoms with van der Waals surface area (Å²) >= 11 is 13.5. The minimum Gasteiger partial charge on any atom is -0.511 e. The van der Waals surface area contributed by atoms with Gasteiger partial charge in [0.05, 0.1) is 11.1 Å². The van der Waals surface area contributed by atoms with E-state index in [2.05, 4.69) is 99.8 Å². The van der Waals surface area contributed by atoms with Gasteiger partial charge in [0.15, 0.2) is 0 Å². The molecule has 7 heteroatoms. The van der Waals surface area contributed by atoms with Crippen LogP contribution in [0.5, 0.6) is 0 Å². The quantitative estimate of drug-likeness (QED) is 0.393. The van der Waals surface area contributed by atoms with Crippen molar-refractivity contribution in [3.8, 4) is 0 Å². The van der Waals surface area contributed by atoms with Crippen LogP contribution in [0.15, 0.2) is 30.3 Å². The van der Waals surface area contributed by atoms with Crippen molar-refractivity contribution in [3.63, 3.8) is 0 Å². The van der Waals surface area contributed by atoms with E-state index in [-0.39, 0.29) is 11.1 Å². The van der Waals surface area contributed by atoms with E-state index in [1.165, 1.54) is 31.0 Å². The van der Waals surface area contributed by atoms with Crippen LogP contribution in [0.4, 0.5) is 0 Å². The molecule has 2 atom stereocenters. The highest BCUT2D eigenvalue weighted by atomic mass is 32.7. The molecule has 0 unspecified atom stereocenters. The molecule has 0 N–H and O–H groups in total. The predicted octanol–water partition coefficient (Wildman–Crippen LogP) is 6.02. The first kappa shape index (κ1) is 24.3. The van der Waals surface area contributed by atoms with Gasteiger partial charge < -0.3 is 29.4 Å². The van der Waals surface area contributed by atoms with Crippen LogP contribution in [0.25, 0.3) is 0 Å². The maximum Gasteiger partial charge on any atom is 0.144 e. The molecule has 0 amide bonds. The predicted molar refractivity (Wildman–Crippen MR) is 138 cm³/mol. The lowest BCUT2D eigenvalue weighted by Gasteiger charge is -2.73. The highest BCUT2D eigenvalue weighted by Gasteiger charge is 2.79. The molecule has 1 aromatic rings. The lowest BCUT2D eigenvalue weighted by Crippen LogP contribution is -2.67. The van der Waals surface area contributed by atoms with Gasteiger partial charge in [0.2, 0.25) is 0 Å². The average molecular weight is 472 g/mol. The number of benzene rings is 1. The second-order valence-corrected chi connectivity index (χ2v) is 19.6. The van der Waals surface area contributed by atoms with Gasteiger partial charge in [-0.05, 0) is 87.0 Å². The number of hydrogen-bond acceptors (Lipinski definition) is 5. The molecule has 29 heavy (non-hydrogen) atoms. The minimum atomic E-state index is -2.13. The van der Waals surface area contributed by atoms with Crippen LogP contribution in [0.2, 0.25) is 0 Å². The van der Waals surface area contributed by atoms with Gasteiger partial charge >= 0.3 is 0 Å². The van der Waals surface area contributed by atoms with Gasteiger partial charge in [0.1, 0.15) is 24.5 Å². The Kier molecular flexibility index (Phi) is 6.89. The molecule has 0 spiro atoms. The van der Waals surface area contributed by atoms with Gasteiger partial charge in [-0.1, -0.05) is 33.5 Å². The lowest BCUT2D eigenvalue weighted by molar-refractivity contribution is 0.211. The fourth-order valence-electron chi connectivity index (χ4n) is 5.36. The Labute approximate surface area is 191 Å². The monoisotopic (exact) mass is 471 g/mol. The molecule has 1 aliphatic carbocycles. The molecule has 1 aromatic carbocycles. The van der Waals surface area contributed by atoms with Gasteiger partial charge in [-0.3, -0.25) is 0 Å². The fourth-order valence-corrected chi connectivity index (χ4v) is 25.4. The normalized spacial score (nSPS) is 35.0. The van der Waals surface area contributed by atoms with Crippen molar-refractivity contribution in [1.82, 2.24) is 13.8 Å². The highest BCUT2D eigenvalue weighted by Crippen LogP contribution is 3.00. The van der Waals surface area contributed by atoms with Crippen LogP contribution in [-0.4, -0.2) is 50.7 Å². The van der Waals surface area contributed by atoms with Crippen LogP contribution < -0.4 is 5.30 Å².